The molecular formula is C26H49ClN2O. The molecule has 0 amide bonds. The maximum atomic E-state index is 6.38. The number of aromatic nitrogens is 2. The molecule has 3 nitrogen and oxygen atoms in total. The largest absolute Gasteiger partial charge is 1.00 e. The number of imidazole rings is 1. The maximum absolute atomic E-state index is 6.38. The lowest BCUT2D eigenvalue weighted by molar-refractivity contribution is -0.735. The van der Waals surface area contributed by atoms with Gasteiger partial charge in [-0.2, -0.15) is 0 Å². The zero-order valence-electron chi connectivity index (χ0n) is 20.3. The molecule has 1 aromatic rings. The number of unbranched alkanes of at least 4 members (excludes halogenated alkanes) is 9. The van der Waals surface area contributed by atoms with E-state index in [0.29, 0.717) is 12.8 Å². The minimum absolute atomic E-state index is 0. The second-order valence-corrected chi connectivity index (χ2v) is 10.0. The van der Waals surface area contributed by atoms with Crippen LogP contribution < -0.4 is 17.0 Å². The molecule has 0 N–H and O–H groups in total. The summed E-state index contributed by atoms with van der Waals surface area (Å²) in [4.78, 5) is 0. The fraction of sp³-hybridized carbons (Fsp3) is 0.885. The Morgan fingerprint density at radius 3 is 2.23 bits per heavy atom. The Balaban J connectivity index is 0.00000450. The molecule has 4 heteroatoms. The van der Waals surface area contributed by atoms with Crippen molar-refractivity contribution >= 4 is 0 Å². The van der Waals surface area contributed by atoms with Crippen molar-refractivity contribution in [1.29, 1.82) is 0 Å². The highest BCUT2D eigenvalue weighted by Crippen LogP contribution is 2.35. The Bertz CT molecular complexity index is 531. The molecule has 176 valence electrons. The van der Waals surface area contributed by atoms with Crippen LogP contribution in [-0.4, -0.2) is 10.7 Å². The number of nitrogens with zero attached hydrogens (tertiary/aromatic N) is 2. The molecule has 1 heterocycles. The molecule has 0 radical (unpaired) electrons. The summed E-state index contributed by atoms with van der Waals surface area (Å²) in [6, 6.07) is 0. The van der Waals surface area contributed by atoms with E-state index < -0.39 is 0 Å². The number of hydrogen-bond acceptors (Lipinski definition) is 1. The van der Waals surface area contributed by atoms with Crippen LogP contribution in [0.15, 0.2) is 18.7 Å². The summed E-state index contributed by atoms with van der Waals surface area (Å²) >= 11 is 0. The van der Waals surface area contributed by atoms with Crippen molar-refractivity contribution in [2.45, 2.75) is 131 Å². The average molecular weight is 441 g/mol. The van der Waals surface area contributed by atoms with Crippen molar-refractivity contribution in [2.75, 3.05) is 0 Å². The Labute approximate surface area is 193 Å². The van der Waals surface area contributed by atoms with Gasteiger partial charge in [-0.05, 0) is 43.4 Å². The molecule has 2 rings (SSSR count). The molecule has 1 saturated carbocycles. The molecule has 0 spiro atoms. The quantitative estimate of drug-likeness (QED) is 0.296. The van der Waals surface area contributed by atoms with Gasteiger partial charge in [-0.15, -0.1) is 0 Å². The standard InChI is InChI=1S/C26H49N2O.ClH/c1-5-6-7-8-9-10-11-12-13-14-17-27-18-19-28(21-27)22-29-26-20-24(4)15-16-25(26)23(2)3;/h18-19,21,23-26H,5-17,20,22H2,1-4H3;1H/q+1;/p-1/t24-,25+,26-;/m1./s1. The van der Waals surface area contributed by atoms with Crippen LogP contribution in [-0.2, 0) is 18.0 Å². The van der Waals surface area contributed by atoms with E-state index in [0.717, 1.165) is 24.3 Å². The van der Waals surface area contributed by atoms with Crippen LogP contribution in [0.25, 0.3) is 0 Å². The lowest BCUT2D eigenvalue weighted by Gasteiger charge is -2.36. The first kappa shape index (κ1) is 27.5. The predicted octanol–water partition coefficient (Wildman–Crippen LogP) is 4.14. The summed E-state index contributed by atoms with van der Waals surface area (Å²) in [7, 11) is 0. The van der Waals surface area contributed by atoms with E-state index in [1.54, 1.807) is 0 Å². The molecule has 0 aliphatic heterocycles. The molecular weight excluding hydrogens is 392 g/mol. The van der Waals surface area contributed by atoms with Crippen LogP contribution in [0.4, 0.5) is 0 Å². The van der Waals surface area contributed by atoms with E-state index >= 15 is 0 Å². The van der Waals surface area contributed by atoms with Gasteiger partial charge in [0.05, 0.1) is 12.6 Å². The van der Waals surface area contributed by atoms with Crippen molar-refractivity contribution in [1.82, 2.24) is 4.57 Å². The molecule has 0 saturated heterocycles. The SMILES string of the molecule is CCCCCCCCCCCCn1cc[n+](CO[C@@H]2C[C@H](C)CC[C@H]2C(C)C)c1.[Cl-]. The summed E-state index contributed by atoms with van der Waals surface area (Å²) in [5, 5.41) is 0. The van der Waals surface area contributed by atoms with Crippen molar-refractivity contribution in [2.24, 2.45) is 17.8 Å². The van der Waals surface area contributed by atoms with Gasteiger partial charge < -0.3 is 17.1 Å². The van der Waals surface area contributed by atoms with Gasteiger partial charge in [-0.25, -0.2) is 9.13 Å². The third-order valence-corrected chi connectivity index (χ3v) is 6.92. The Kier molecular flexibility index (Phi) is 14.8. The molecule has 0 aromatic carbocycles. The molecule has 30 heavy (non-hydrogen) atoms. The summed E-state index contributed by atoms with van der Waals surface area (Å²) in [6.45, 7) is 11.2. The van der Waals surface area contributed by atoms with Crippen LogP contribution in [0.2, 0.25) is 0 Å². The number of hydrogen-bond donors (Lipinski definition) is 0. The van der Waals surface area contributed by atoms with Gasteiger partial charge in [0.2, 0.25) is 6.33 Å². The predicted molar refractivity (Wildman–Crippen MR) is 123 cm³/mol. The molecule has 1 fully saturated rings. The van der Waals surface area contributed by atoms with Crippen LogP contribution in [0.1, 0.15) is 111 Å². The lowest BCUT2D eigenvalue weighted by atomic mass is 9.75. The number of rotatable bonds is 15. The fourth-order valence-corrected chi connectivity index (χ4v) is 4.92. The fourth-order valence-electron chi connectivity index (χ4n) is 4.92. The van der Waals surface area contributed by atoms with Crippen LogP contribution in [0.3, 0.4) is 0 Å². The maximum Gasteiger partial charge on any atom is 0.245 e. The highest BCUT2D eigenvalue weighted by molar-refractivity contribution is 4.80. The molecule has 1 aliphatic rings. The monoisotopic (exact) mass is 440 g/mol. The van der Waals surface area contributed by atoms with Crippen molar-refractivity contribution in [3.8, 4) is 0 Å². The summed E-state index contributed by atoms with van der Waals surface area (Å²) < 4.78 is 10.9. The molecule has 3 atom stereocenters. The van der Waals surface area contributed by atoms with E-state index in [1.807, 2.05) is 0 Å². The van der Waals surface area contributed by atoms with E-state index in [1.165, 1.54) is 83.5 Å². The highest BCUT2D eigenvalue weighted by Gasteiger charge is 2.31. The first-order valence-corrected chi connectivity index (χ1v) is 12.8. The number of halogens is 1. The Morgan fingerprint density at radius 2 is 1.60 bits per heavy atom. The summed E-state index contributed by atoms with van der Waals surface area (Å²) in [5.41, 5.74) is 0. The average Bonchev–Trinajstić information content (AvgIpc) is 3.15. The zero-order chi connectivity index (χ0) is 20.9. The van der Waals surface area contributed by atoms with Gasteiger partial charge in [-0.3, -0.25) is 0 Å². The van der Waals surface area contributed by atoms with Gasteiger partial charge in [-0.1, -0.05) is 85.5 Å². The first-order valence-electron chi connectivity index (χ1n) is 12.8. The summed E-state index contributed by atoms with van der Waals surface area (Å²) in [5.74, 6) is 2.25. The van der Waals surface area contributed by atoms with Crippen molar-refractivity contribution in [3.63, 3.8) is 0 Å². The molecule has 0 unspecified atom stereocenters. The number of aryl methyl sites for hydroxylation is 1. The Morgan fingerprint density at radius 1 is 0.967 bits per heavy atom. The smallest absolute Gasteiger partial charge is 0.245 e. The second kappa shape index (κ2) is 16.1. The van der Waals surface area contributed by atoms with Crippen molar-refractivity contribution in [3.05, 3.63) is 18.7 Å². The third kappa shape index (κ3) is 10.7. The minimum Gasteiger partial charge on any atom is -1.00 e. The van der Waals surface area contributed by atoms with E-state index in [9.17, 15) is 0 Å². The molecule has 0 bridgehead atoms. The second-order valence-electron chi connectivity index (χ2n) is 10.0. The van der Waals surface area contributed by atoms with Gasteiger partial charge in [0.1, 0.15) is 12.4 Å². The first-order chi connectivity index (χ1) is 14.1. The minimum atomic E-state index is 0. The highest BCUT2D eigenvalue weighted by atomic mass is 35.5. The van der Waals surface area contributed by atoms with Gasteiger partial charge >= 0.3 is 0 Å². The lowest BCUT2D eigenvalue weighted by Crippen LogP contribution is -3.00. The molecule has 1 aliphatic carbocycles. The van der Waals surface area contributed by atoms with Crippen LogP contribution in [0.5, 0.6) is 0 Å². The molecule has 1 aromatic heterocycles. The Hall–Kier alpha value is -0.540. The normalized spacial score (nSPS) is 21.7. The van der Waals surface area contributed by atoms with Gasteiger partial charge in [0.15, 0.2) is 6.73 Å². The van der Waals surface area contributed by atoms with Crippen LogP contribution in [0, 0.1) is 17.8 Å². The van der Waals surface area contributed by atoms with Crippen LogP contribution >= 0.6 is 0 Å². The van der Waals surface area contributed by atoms with Gasteiger partial charge in [0.25, 0.3) is 0 Å². The number of ether oxygens (including phenoxy) is 1. The third-order valence-electron chi connectivity index (χ3n) is 6.92. The van der Waals surface area contributed by atoms with Gasteiger partial charge in [0, 0.05) is 0 Å². The van der Waals surface area contributed by atoms with E-state index in [-0.39, 0.29) is 12.4 Å². The van der Waals surface area contributed by atoms with Crippen molar-refractivity contribution < 1.29 is 21.7 Å². The van der Waals surface area contributed by atoms with E-state index in [2.05, 4.69) is 55.6 Å². The summed E-state index contributed by atoms with van der Waals surface area (Å²) in [6.07, 6.45) is 24.9. The van der Waals surface area contributed by atoms with E-state index in [4.69, 9.17) is 4.74 Å². The topological polar surface area (TPSA) is 18.0 Å². The zero-order valence-corrected chi connectivity index (χ0v) is 21.1.